The van der Waals surface area contributed by atoms with E-state index < -0.39 is 0 Å². The van der Waals surface area contributed by atoms with Crippen LogP contribution >= 0.6 is 0 Å². The van der Waals surface area contributed by atoms with Crippen LogP contribution in [0, 0.1) is 12.8 Å². The maximum atomic E-state index is 3.59. The third-order valence-electron chi connectivity index (χ3n) is 4.43. The van der Waals surface area contributed by atoms with Gasteiger partial charge in [-0.15, -0.1) is 0 Å². The lowest BCUT2D eigenvalue weighted by Gasteiger charge is -2.34. The molecule has 0 bridgehead atoms. The highest BCUT2D eigenvalue weighted by Crippen LogP contribution is 2.27. The van der Waals surface area contributed by atoms with Crippen molar-refractivity contribution in [3.05, 3.63) is 29.3 Å². The van der Waals surface area contributed by atoms with E-state index in [-0.39, 0.29) is 0 Å². The zero-order chi connectivity index (χ0) is 13.2. The Balaban J connectivity index is 1.67. The number of anilines is 1. The van der Waals surface area contributed by atoms with Crippen LogP contribution in [0.2, 0.25) is 0 Å². The van der Waals surface area contributed by atoms with Gasteiger partial charge in [0.2, 0.25) is 0 Å². The molecule has 2 nitrogen and oxygen atoms in total. The number of rotatable bonds is 4. The second kappa shape index (κ2) is 5.54. The predicted octanol–water partition coefficient (Wildman–Crippen LogP) is 3.48. The van der Waals surface area contributed by atoms with Crippen molar-refractivity contribution in [3.63, 3.8) is 0 Å². The van der Waals surface area contributed by atoms with Gasteiger partial charge in [-0.1, -0.05) is 19.1 Å². The molecule has 1 aliphatic heterocycles. The van der Waals surface area contributed by atoms with Crippen LogP contribution in [0.5, 0.6) is 0 Å². The Morgan fingerprint density at radius 2 is 2.11 bits per heavy atom. The highest BCUT2D eigenvalue weighted by Gasteiger charge is 2.20. The van der Waals surface area contributed by atoms with Gasteiger partial charge in [0.05, 0.1) is 0 Å². The van der Waals surface area contributed by atoms with Gasteiger partial charge in [0, 0.05) is 31.4 Å². The molecule has 1 N–H and O–H groups in total. The lowest BCUT2D eigenvalue weighted by Crippen LogP contribution is -2.34. The minimum absolute atomic E-state index is 0.794. The van der Waals surface area contributed by atoms with Gasteiger partial charge in [-0.25, -0.2) is 0 Å². The number of aryl methyl sites for hydroxylation is 1. The summed E-state index contributed by atoms with van der Waals surface area (Å²) in [6.07, 6.45) is 5.45. The SMILES string of the molecule is Cc1cc(CNC2CC2)ccc1N1CCCC(C)C1. The van der Waals surface area contributed by atoms with Crippen LogP contribution in [-0.2, 0) is 6.54 Å². The van der Waals surface area contributed by atoms with Crippen LogP contribution in [0.15, 0.2) is 18.2 Å². The predicted molar refractivity (Wildman–Crippen MR) is 81.7 cm³/mol. The first-order chi connectivity index (χ1) is 9.22. The largest absolute Gasteiger partial charge is 0.371 e. The normalized spacial score (nSPS) is 23.7. The first-order valence-corrected chi connectivity index (χ1v) is 7.80. The molecule has 3 rings (SSSR count). The zero-order valence-electron chi connectivity index (χ0n) is 12.3. The van der Waals surface area contributed by atoms with E-state index >= 15 is 0 Å². The summed E-state index contributed by atoms with van der Waals surface area (Å²) < 4.78 is 0. The third-order valence-corrected chi connectivity index (χ3v) is 4.43. The van der Waals surface area contributed by atoms with Crippen LogP contribution in [0.4, 0.5) is 5.69 Å². The molecule has 1 saturated heterocycles. The van der Waals surface area contributed by atoms with Crippen molar-refractivity contribution in [1.82, 2.24) is 5.32 Å². The van der Waals surface area contributed by atoms with Crippen LogP contribution in [0.25, 0.3) is 0 Å². The molecule has 2 fully saturated rings. The van der Waals surface area contributed by atoms with Gasteiger partial charge in [-0.3, -0.25) is 0 Å². The summed E-state index contributed by atoms with van der Waals surface area (Å²) in [6.45, 7) is 8.11. The molecule has 0 aromatic heterocycles. The zero-order valence-corrected chi connectivity index (χ0v) is 12.3. The molecule has 19 heavy (non-hydrogen) atoms. The number of hydrogen-bond donors (Lipinski definition) is 1. The fraction of sp³-hybridized carbons (Fsp3) is 0.647. The topological polar surface area (TPSA) is 15.3 Å². The van der Waals surface area contributed by atoms with Crippen LogP contribution in [-0.4, -0.2) is 19.1 Å². The molecular formula is C17H26N2. The van der Waals surface area contributed by atoms with Crippen molar-refractivity contribution in [2.45, 2.75) is 52.1 Å². The molecule has 0 amide bonds. The van der Waals surface area contributed by atoms with E-state index in [1.54, 1.807) is 0 Å². The second-order valence-electron chi connectivity index (χ2n) is 6.47. The van der Waals surface area contributed by atoms with Crippen molar-refractivity contribution < 1.29 is 0 Å². The van der Waals surface area contributed by atoms with E-state index in [1.165, 1.54) is 55.6 Å². The van der Waals surface area contributed by atoms with Gasteiger partial charge in [-0.2, -0.15) is 0 Å². The van der Waals surface area contributed by atoms with Crippen molar-refractivity contribution in [3.8, 4) is 0 Å². The molecule has 2 heteroatoms. The van der Waals surface area contributed by atoms with E-state index in [0.29, 0.717) is 0 Å². The molecule has 1 aliphatic carbocycles. The van der Waals surface area contributed by atoms with Crippen molar-refractivity contribution in [1.29, 1.82) is 0 Å². The van der Waals surface area contributed by atoms with E-state index in [2.05, 4.69) is 42.3 Å². The van der Waals surface area contributed by atoms with Gasteiger partial charge in [0.25, 0.3) is 0 Å². The molecule has 0 spiro atoms. The number of nitrogens with zero attached hydrogens (tertiary/aromatic N) is 1. The number of hydrogen-bond acceptors (Lipinski definition) is 2. The minimum atomic E-state index is 0.794. The summed E-state index contributed by atoms with van der Waals surface area (Å²) >= 11 is 0. The van der Waals surface area contributed by atoms with Crippen LogP contribution < -0.4 is 10.2 Å². The van der Waals surface area contributed by atoms with Gasteiger partial charge in [-0.05, 0) is 55.7 Å². The first kappa shape index (κ1) is 13.0. The summed E-state index contributed by atoms with van der Waals surface area (Å²) in [7, 11) is 0. The Morgan fingerprint density at radius 3 is 2.79 bits per heavy atom. The standard InChI is InChI=1S/C17H26N2/c1-13-4-3-9-19(12-13)17-8-5-15(10-14(17)2)11-18-16-6-7-16/h5,8,10,13,16,18H,3-4,6-7,9,11-12H2,1-2H3. The summed E-state index contributed by atoms with van der Waals surface area (Å²) in [6, 6.07) is 7.79. The molecule has 1 saturated carbocycles. The van der Waals surface area contributed by atoms with Crippen molar-refractivity contribution >= 4 is 5.69 Å². The molecule has 104 valence electrons. The Kier molecular flexibility index (Phi) is 3.79. The van der Waals surface area contributed by atoms with Crippen molar-refractivity contribution in [2.24, 2.45) is 5.92 Å². The van der Waals surface area contributed by atoms with Crippen LogP contribution in [0.1, 0.15) is 43.7 Å². The minimum Gasteiger partial charge on any atom is -0.371 e. The highest BCUT2D eigenvalue weighted by molar-refractivity contribution is 5.54. The average molecular weight is 258 g/mol. The van der Waals surface area contributed by atoms with E-state index in [0.717, 1.165) is 18.5 Å². The fourth-order valence-corrected chi connectivity index (χ4v) is 3.14. The second-order valence-corrected chi connectivity index (χ2v) is 6.47. The lowest BCUT2D eigenvalue weighted by molar-refractivity contribution is 0.446. The molecular weight excluding hydrogens is 232 g/mol. The van der Waals surface area contributed by atoms with E-state index in [9.17, 15) is 0 Å². The Hall–Kier alpha value is -1.02. The van der Waals surface area contributed by atoms with Crippen molar-refractivity contribution in [2.75, 3.05) is 18.0 Å². The molecule has 0 radical (unpaired) electrons. The lowest BCUT2D eigenvalue weighted by atomic mass is 9.98. The Bertz CT molecular complexity index is 437. The molecule has 1 atom stereocenters. The molecule has 2 aliphatic rings. The molecule has 1 unspecified atom stereocenters. The monoisotopic (exact) mass is 258 g/mol. The van der Waals surface area contributed by atoms with Gasteiger partial charge in [0.15, 0.2) is 0 Å². The molecule has 1 aromatic rings. The summed E-state index contributed by atoms with van der Waals surface area (Å²) in [5, 5.41) is 3.59. The maximum absolute atomic E-state index is 3.59. The number of nitrogens with one attached hydrogen (secondary N) is 1. The summed E-state index contributed by atoms with van der Waals surface area (Å²) in [5.74, 6) is 0.837. The Labute approximate surface area is 117 Å². The number of benzene rings is 1. The van der Waals surface area contributed by atoms with Gasteiger partial charge >= 0.3 is 0 Å². The summed E-state index contributed by atoms with van der Waals surface area (Å²) in [5.41, 5.74) is 4.31. The first-order valence-electron chi connectivity index (χ1n) is 7.80. The van der Waals surface area contributed by atoms with Crippen LogP contribution in [0.3, 0.4) is 0 Å². The number of piperidine rings is 1. The highest BCUT2D eigenvalue weighted by atomic mass is 15.1. The molecule has 1 heterocycles. The average Bonchev–Trinajstić information content (AvgIpc) is 3.20. The van der Waals surface area contributed by atoms with Gasteiger partial charge in [0.1, 0.15) is 0 Å². The quantitative estimate of drug-likeness (QED) is 0.889. The Morgan fingerprint density at radius 1 is 1.26 bits per heavy atom. The smallest absolute Gasteiger partial charge is 0.0396 e. The van der Waals surface area contributed by atoms with E-state index in [4.69, 9.17) is 0 Å². The fourth-order valence-electron chi connectivity index (χ4n) is 3.14. The molecule has 1 aromatic carbocycles. The van der Waals surface area contributed by atoms with Gasteiger partial charge < -0.3 is 10.2 Å². The summed E-state index contributed by atoms with van der Waals surface area (Å²) in [4.78, 5) is 2.57. The third kappa shape index (κ3) is 3.30. The maximum Gasteiger partial charge on any atom is 0.0396 e. The van der Waals surface area contributed by atoms with E-state index in [1.807, 2.05) is 0 Å².